The van der Waals surface area contributed by atoms with Gasteiger partial charge in [-0.1, -0.05) is 15.9 Å². The van der Waals surface area contributed by atoms with Crippen LogP contribution in [0, 0.1) is 11.3 Å². The van der Waals surface area contributed by atoms with Gasteiger partial charge in [-0.2, -0.15) is 5.26 Å². The molecule has 116 valence electrons. The van der Waals surface area contributed by atoms with Crippen LogP contribution in [0.25, 0.3) is 0 Å². The average Bonchev–Trinajstić information content (AvgIpc) is 2.57. The molecule has 0 bridgehead atoms. The van der Waals surface area contributed by atoms with Gasteiger partial charge in [0.15, 0.2) is 12.4 Å². The normalized spacial score (nSPS) is 11.2. The molecule has 0 saturated heterocycles. The fourth-order valence-corrected chi connectivity index (χ4v) is 2.21. The molecule has 1 N–H and O–H groups in total. The number of nitriles is 1. The van der Waals surface area contributed by atoms with Crippen LogP contribution in [0.15, 0.2) is 46.9 Å². The van der Waals surface area contributed by atoms with Crippen LogP contribution in [-0.4, -0.2) is 18.3 Å². The molecule has 0 fully saturated rings. The highest BCUT2D eigenvalue weighted by atomic mass is 79.9. The van der Waals surface area contributed by atoms with E-state index in [2.05, 4.69) is 21.2 Å². The van der Waals surface area contributed by atoms with Gasteiger partial charge in [0.05, 0.1) is 17.2 Å². The lowest BCUT2D eigenvalue weighted by atomic mass is 10.2. The van der Waals surface area contributed by atoms with Crippen LogP contribution < -0.4 is 10.1 Å². The number of nitrogens with zero attached hydrogens (tertiary/aromatic N) is 1. The molecule has 1 atom stereocenters. The smallest absolute Gasteiger partial charge is 0.265 e. The van der Waals surface area contributed by atoms with E-state index in [1.54, 1.807) is 49.4 Å². The van der Waals surface area contributed by atoms with Gasteiger partial charge in [0.1, 0.15) is 5.75 Å². The lowest BCUT2D eigenvalue weighted by Crippen LogP contribution is -2.30. The van der Waals surface area contributed by atoms with Gasteiger partial charge in [-0.3, -0.25) is 9.59 Å². The Labute approximate surface area is 142 Å². The molecule has 0 aromatic heterocycles. The summed E-state index contributed by atoms with van der Waals surface area (Å²) in [5.74, 6) is -0.0137. The van der Waals surface area contributed by atoms with E-state index < -0.39 is 6.10 Å². The molecule has 2 rings (SSSR count). The van der Waals surface area contributed by atoms with Crippen molar-refractivity contribution in [1.82, 2.24) is 0 Å². The number of hydrogen-bond acceptors (Lipinski definition) is 4. The number of aldehydes is 1. The number of hydrogen-bond donors (Lipinski definition) is 1. The monoisotopic (exact) mass is 372 g/mol. The van der Waals surface area contributed by atoms with E-state index in [4.69, 9.17) is 10.00 Å². The summed E-state index contributed by atoms with van der Waals surface area (Å²) in [5.41, 5.74) is 1.44. The molecule has 6 heteroatoms. The third-order valence-electron chi connectivity index (χ3n) is 3.05. The standard InChI is InChI=1S/C17H13BrN2O3/c1-11(23-16-7-4-14(18)8-13(16)10-21)17(22)20-15-5-2-12(9-19)3-6-15/h2-8,10-11H,1H3,(H,20,22)/t11-/m1/s1. The second-order valence-electron chi connectivity index (χ2n) is 4.74. The van der Waals surface area contributed by atoms with Crippen molar-refractivity contribution in [3.8, 4) is 11.8 Å². The summed E-state index contributed by atoms with van der Waals surface area (Å²) in [4.78, 5) is 23.2. The third kappa shape index (κ3) is 4.41. The van der Waals surface area contributed by atoms with Gasteiger partial charge in [-0.25, -0.2) is 0 Å². The van der Waals surface area contributed by atoms with Gasteiger partial charge in [0.25, 0.3) is 5.91 Å². The van der Waals surface area contributed by atoms with Crippen molar-refractivity contribution in [2.75, 3.05) is 5.32 Å². The minimum atomic E-state index is -0.787. The molecule has 0 unspecified atom stereocenters. The fourth-order valence-electron chi connectivity index (χ4n) is 1.83. The number of ether oxygens (including phenoxy) is 1. The van der Waals surface area contributed by atoms with Gasteiger partial charge < -0.3 is 10.1 Å². The maximum atomic E-state index is 12.1. The predicted molar refractivity (Wildman–Crippen MR) is 89.4 cm³/mol. The van der Waals surface area contributed by atoms with E-state index in [1.165, 1.54) is 0 Å². The van der Waals surface area contributed by atoms with E-state index in [-0.39, 0.29) is 5.91 Å². The van der Waals surface area contributed by atoms with E-state index in [0.29, 0.717) is 28.8 Å². The Hall–Kier alpha value is -2.65. The molecule has 5 nitrogen and oxygen atoms in total. The molecule has 0 heterocycles. The molecule has 2 aromatic carbocycles. The maximum Gasteiger partial charge on any atom is 0.265 e. The van der Waals surface area contributed by atoms with Crippen molar-refractivity contribution >= 4 is 33.8 Å². The Bertz CT molecular complexity index is 766. The maximum absolute atomic E-state index is 12.1. The number of carbonyl (C=O) groups excluding carboxylic acids is 2. The summed E-state index contributed by atoms with van der Waals surface area (Å²) in [6.45, 7) is 1.59. The van der Waals surface area contributed by atoms with Crippen molar-refractivity contribution in [2.45, 2.75) is 13.0 Å². The number of carbonyl (C=O) groups is 2. The SMILES string of the molecule is C[C@@H](Oc1ccc(Br)cc1C=O)C(=O)Nc1ccc(C#N)cc1. The minimum absolute atomic E-state index is 0.339. The first kappa shape index (κ1) is 16.7. The highest BCUT2D eigenvalue weighted by Crippen LogP contribution is 2.23. The van der Waals surface area contributed by atoms with Crippen LogP contribution in [0.4, 0.5) is 5.69 Å². The van der Waals surface area contributed by atoms with Crippen molar-refractivity contribution < 1.29 is 14.3 Å². The van der Waals surface area contributed by atoms with Crippen molar-refractivity contribution in [3.05, 3.63) is 58.1 Å². The van der Waals surface area contributed by atoms with Crippen LogP contribution in [0.1, 0.15) is 22.8 Å². The Kier molecular flexibility index (Phi) is 5.50. The molecular weight excluding hydrogens is 360 g/mol. The second-order valence-corrected chi connectivity index (χ2v) is 5.65. The zero-order valence-corrected chi connectivity index (χ0v) is 13.8. The fraction of sp³-hybridized carbons (Fsp3) is 0.118. The Morgan fingerprint density at radius 2 is 2.00 bits per heavy atom. The molecule has 0 aliphatic rings. The van der Waals surface area contributed by atoms with Crippen LogP contribution in [0.2, 0.25) is 0 Å². The molecule has 23 heavy (non-hydrogen) atoms. The summed E-state index contributed by atoms with van der Waals surface area (Å²) in [5, 5.41) is 11.4. The van der Waals surface area contributed by atoms with Gasteiger partial charge in [-0.15, -0.1) is 0 Å². The molecule has 0 saturated carbocycles. The van der Waals surface area contributed by atoms with E-state index in [0.717, 1.165) is 4.47 Å². The Morgan fingerprint density at radius 3 is 2.61 bits per heavy atom. The van der Waals surface area contributed by atoms with Gasteiger partial charge in [0, 0.05) is 10.2 Å². The zero-order chi connectivity index (χ0) is 16.8. The van der Waals surface area contributed by atoms with Crippen LogP contribution in [0.5, 0.6) is 5.75 Å². The van der Waals surface area contributed by atoms with Crippen LogP contribution in [0.3, 0.4) is 0 Å². The second kappa shape index (κ2) is 7.56. The lowest BCUT2D eigenvalue weighted by Gasteiger charge is -2.16. The van der Waals surface area contributed by atoms with E-state index in [1.807, 2.05) is 6.07 Å². The zero-order valence-electron chi connectivity index (χ0n) is 12.2. The molecule has 0 radical (unpaired) electrons. The first-order valence-electron chi connectivity index (χ1n) is 6.76. The largest absolute Gasteiger partial charge is 0.480 e. The summed E-state index contributed by atoms with van der Waals surface area (Å²) < 4.78 is 6.31. The number of halogens is 1. The average molecular weight is 373 g/mol. The predicted octanol–water partition coefficient (Wildman–Crippen LogP) is 3.54. The first-order chi connectivity index (χ1) is 11.0. The summed E-state index contributed by atoms with van der Waals surface area (Å²) >= 11 is 3.27. The molecule has 0 spiro atoms. The summed E-state index contributed by atoms with van der Waals surface area (Å²) in [6, 6.07) is 13.5. The van der Waals surface area contributed by atoms with Gasteiger partial charge in [-0.05, 0) is 49.4 Å². The number of amides is 1. The minimum Gasteiger partial charge on any atom is -0.480 e. The quantitative estimate of drug-likeness (QED) is 0.814. The highest BCUT2D eigenvalue weighted by Gasteiger charge is 2.16. The van der Waals surface area contributed by atoms with E-state index >= 15 is 0 Å². The summed E-state index contributed by atoms with van der Waals surface area (Å²) in [7, 11) is 0. The van der Waals surface area contributed by atoms with Crippen molar-refractivity contribution in [3.63, 3.8) is 0 Å². The van der Waals surface area contributed by atoms with Crippen LogP contribution in [-0.2, 0) is 4.79 Å². The number of rotatable bonds is 5. The summed E-state index contributed by atoms with van der Waals surface area (Å²) in [6.07, 6.45) is -0.115. The first-order valence-corrected chi connectivity index (χ1v) is 7.55. The molecule has 2 aromatic rings. The third-order valence-corrected chi connectivity index (χ3v) is 3.55. The molecule has 1 amide bonds. The topological polar surface area (TPSA) is 79.2 Å². The molecule has 0 aliphatic heterocycles. The lowest BCUT2D eigenvalue weighted by molar-refractivity contribution is -0.122. The van der Waals surface area contributed by atoms with Gasteiger partial charge in [0.2, 0.25) is 0 Å². The van der Waals surface area contributed by atoms with E-state index in [9.17, 15) is 9.59 Å². The van der Waals surface area contributed by atoms with Crippen LogP contribution >= 0.6 is 15.9 Å². The Morgan fingerprint density at radius 1 is 1.30 bits per heavy atom. The Balaban J connectivity index is 2.05. The van der Waals surface area contributed by atoms with Crippen molar-refractivity contribution in [1.29, 1.82) is 5.26 Å². The number of benzene rings is 2. The number of anilines is 1. The highest BCUT2D eigenvalue weighted by molar-refractivity contribution is 9.10. The number of nitrogens with one attached hydrogen (secondary N) is 1. The van der Waals surface area contributed by atoms with Crippen molar-refractivity contribution in [2.24, 2.45) is 0 Å². The molecular formula is C17H13BrN2O3. The molecule has 0 aliphatic carbocycles. The van der Waals surface area contributed by atoms with Gasteiger partial charge >= 0.3 is 0 Å².